The molecule has 7 heteroatoms. The standard InChI is InChI=1S/C11H12F3N3O/c12-11(13,14)9-7-8(16-18)1-2-10(9)17-5-3-15-4-6-17/h1-2,7,15H,3-6H2. The number of nitroso groups, excluding NO2 is 1. The smallest absolute Gasteiger partial charge is 0.368 e. The number of hydrogen-bond donors (Lipinski definition) is 1. The summed E-state index contributed by atoms with van der Waals surface area (Å²) < 4.78 is 38.8. The van der Waals surface area contributed by atoms with Gasteiger partial charge >= 0.3 is 6.18 Å². The lowest BCUT2D eigenvalue weighted by Gasteiger charge is -2.31. The Morgan fingerprint density at radius 3 is 2.44 bits per heavy atom. The summed E-state index contributed by atoms with van der Waals surface area (Å²) in [6, 6.07) is 3.41. The maximum Gasteiger partial charge on any atom is 0.418 e. The SMILES string of the molecule is O=Nc1ccc(N2CCNCC2)c(C(F)(F)F)c1. The molecule has 1 aromatic rings. The lowest BCUT2D eigenvalue weighted by Crippen LogP contribution is -2.44. The van der Waals surface area contributed by atoms with E-state index in [1.807, 2.05) is 0 Å². The number of benzene rings is 1. The zero-order chi connectivity index (χ0) is 13.2. The molecule has 2 rings (SSSR count). The topological polar surface area (TPSA) is 44.7 Å². The van der Waals surface area contributed by atoms with Crippen LogP contribution in [0.4, 0.5) is 24.5 Å². The second kappa shape index (κ2) is 4.93. The molecule has 0 amide bonds. The molecule has 0 bridgehead atoms. The molecule has 1 N–H and O–H groups in total. The van der Waals surface area contributed by atoms with Crippen molar-refractivity contribution < 1.29 is 13.2 Å². The van der Waals surface area contributed by atoms with E-state index in [4.69, 9.17) is 0 Å². The van der Waals surface area contributed by atoms with E-state index in [2.05, 4.69) is 10.5 Å². The van der Waals surface area contributed by atoms with Crippen molar-refractivity contribution in [1.82, 2.24) is 5.32 Å². The molecule has 1 aliphatic heterocycles. The number of halogens is 3. The normalized spacial score (nSPS) is 16.7. The molecule has 0 spiro atoms. The maximum absolute atomic E-state index is 12.9. The van der Waals surface area contributed by atoms with Crippen LogP contribution in [0.15, 0.2) is 23.4 Å². The fourth-order valence-electron chi connectivity index (χ4n) is 1.99. The largest absolute Gasteiger partial charge is 0.418 e. The van der Waals surface area contributed by atoms with E-state index in [1.165, 1.54) is 12.1 Å². The molecule has 18 heavy (non-hydrogen) atoms. The summed E-state index contributed by atoms with van der Waals surface area (Å²) in [5.41, 5.74) is -0.904. The zero-order valence-electron chi connectivity index (χ0n) is 9.50. The van der Waals surface area contributed by atoms with Crippen molar-refractivity contribution in [2.75, 3.05) is 31.1 Å². The predicted molar refractivity (Wildman–Crippen MR) is 62.0 cm³/mol. The summed E-state index contributed by atoms with van der Waals surface area (Å²) in [5.74, 6) is 0. The predicted octanol–water partition coefficient (Wildman–Crippen LogP) is 2.51. The number of nitrogens with one attached hydrogen (secondary N) is 1. The summed E-state index contributed by atoms with van der Waals surface area (Å²) in [4.78, 5) is 12.0. The summed E-state index contributed by atoms with van der Waals surface area (Å²) in [6.45, 7) is 2.31. The summed E-state index contributed by atoms with van der Waals surface area (Å²) in [6.07, 6.45) is -4.49. The monoisotopic (exact) mass is 259 g/mol. The van der Waals surface area contributed by atoms with Crippen molar-refractivity contribution in [3.05, 3.63) is 28.7 Å². The molecule has 0 aromatic heterocycles. The van der Waals surface area contributed by atoms with E-state index in [1.54, 1.807) is 4.90 Å². The Morgan fingerprint density at radius 2 is 1.89 bits per heavy atom. The maximum atomic E-state index is 12.9. The first kappa shape index (κ1) is 12.8. The van der Waals surface area contributed by atoms with Gasteiger partial charge in [0.15, 0.2) is 0 Å². The van der Waals surface area contributed by atoms with Crippen LogP contribution < -0.4 is 10.2 Å². The molecule has 1 heterocycles. The van der Waals surface area contributed by atoms with E-state index >= 15 is 0 Å². The van der Waals surface area contributed by atoms with Gasteiger partial charge in [-0.15, -0.1) is 4.91 Å². The summed E-state index contributed by atoms with van der Waals surface area (Å²) >= 11 is 0. The summed E-state index contributed by atoms with van der Waals surface area (Å²) in [7, 11) is 0. The molecule has 0 atom stereocenters. The van der Waals surface area contributed by atoms with Crippen molar-refractivity contribution in [3.63, 3.8) is 0 Å². The minimum atomic E-state index is -4.49. The van der Waals surface area contributed by atoms with Gasteiger partial charge in [0.05, 0.1) is 5.56 Å². The summed E-state index contributed by atoms with van der Waals surface area (Å²) in [5, 5.41) is 5.62. The van der Waals surface area contributed by atoms with Crippen LogP contribution in [0.1, 0.15) is 5.56 Å². The van der Waals surface area contributed by atoms with E-state index < -0.39 is 11.7 Å². The lowest BCUT2D eigenvalue weighted by atomic mass is 10.1. The average molecular weight is 259 g/mol. The van der Waals surface area contributed by atoms with Crippen LogP contribution in [-0.2, 0) is 6.18 Å². The van der Waals surface area contributed by atoms with Crippen LogP contribution in [-0.4, -0.2) is 26.2 Å². The van der Waals surface area contributed by atoms with Crippen LogP contribution >= 0.6 is 0 Å². The van der Waals surface area contributed by atoms with Crippen LogP contribution in [0.25, 0.3) is 0 Å². The lowest BCUT2D eigenvalue weighted by molar-refractivity contribution is -0.137. The minimum absolute atomic E-state index is 0.108. The third-order valence-corrected chi connectivity index (χ3v) is 2.85. The number of rotatable bonds is 2. The second-order valence-corrected chi connectivity index (χ2v) is 4.03. The Balaban J connectivity index is 2.41. The van der Waals surface area contributed by atoms with Crippen LogP contribution in [0.5, 0.6) is 0 Å². The molecule has 0 unspecified atom stereocenters. The van der Waals surface area contributed by atoms with Crippen LogP contribution in [0.2, 0.25) is 0 Å². The van der Waals surface area contributed by atoms with Gasteiger partial charge in [0.2, 0.25) is 0 Å². The van der Waals surface area contributed by atoms with Gasteiger partial charge in [0.25, 0.3) is 0 Å². The first-order chi connectivity index (χ1) is 8.52. The quantitative estimate of drug-likeness (QED) is 0.830. The van der Waals surface area contributed by atoms with Crippen molar-refractivity contribution in [1.29, 1.82) is 0 Å². The Kier molecular flexibility index (Phi) is 3.51. The van der Waals surface area contributed by atoms with Gasteiger partial charge in [0.1, 0.15) is 5.69 Å². The fourth-order valence-corrected chi connectivity index (χ4v) is 1.99. The first-order valence-electron chi connectivity index (χ1n) is 5.52. The highest BCUT2D eigenvalue weighted by molar-refractivity contribution is 5.60. The molecular weight excluding hydrogens is 247 g/mol. The molecule has 1 aromatic carbocycles. The molecule has 0 saturated carbocycles. The third kappa shape index (κ3) is 2.61. The van der Waals surface area contributed by atoms with Gasteiger partial charge in [-0.25, -0.2) is 0 Å². The highest BCUT2D eigenvalue weighted by Gasteiger charge is 2.35. The number of anilines is 1. The number of piperazine rings is 1. The van der Waals surface area contributed by atoms with E-state index in [-0.39, 0.29) is 11.4 Å². The van der Waals surface area contributed by atoms with E-state index in [9.17, 15) is 18.1 Å². The molecule has 0 aliphatic carbocycles. The van der Waals surface area contributed by atoms with Gasteiger partial charge in [-0.2, -0.15) is 13.2 Å². The molecule has 1 aliphatic rings. The minimum Gasteiger partial charge on any atom is -0.368 e. The van der Waals surface area contributed by atoms with Crippen molar-refractivity contribution in [2.45, 2.75) is 6.18 Å². The molecule has 4 nitrogen and oxygen atoms in total. The first-order valence-corrected chi connectivity index (χ1v) is 5.52. The Morgan fingerprint density at radius 1 is 1.22 bits per heavy atom. The Labute approximate surface area is 102 Å². The zero-order valence-corrected chi connectivity index (χ0v) is 9.50. The van der Waals surface area contributed by atoms with Gasteiger partial charge in [-0.05, 0) is 23.4 Å². The van der Waals surface area contributed by atoms with Crippen LogP contribution in [0.3, 0.4) is 0 Å². The van der Waals surface area contributed by atoms with Gasteiger partial charge in [0, 0.05) is 31.9 Å². The number of alkyl halides is 3. The highest BCUT2D eigenvalue weighted by atomic mass is 19.4. The van der Waals surface area contributed by atoms with E-state index in [0.717, 1.165) is 6.07 Å². The number of hydrogen-bond acceptors (Lipinski definition) is 4. The molecule has 0 radical (unpaired) electrons. The second-order valence-electron chi connectivity index (χ2n) is 4.03. The fraction of sp³-hybridized carbons (Fsp3) is 0.455. The molecular formula is C11H12F3N3O. The molecule has 98 valence electrons. The molecule has 1 saturated heterocycles. The van der Waals surface area contributed by atoms with Crippen molar-refractivity contribution in [3.8, 4) is 0 Å². The van der Waals surface area contributed by atoms with Crippen molar-refractivity contribution >= 4 is 11.4 Å². The van der Waals surface area contributed by atoms with Crippen LogP contribution in [0, 0.1) is 4.91 Å². The average Bonchev–Trinajstić information content (AvgIpc) is 2.38. The van der Waals surface area contributed by atoms with Gasteiger partial charge in [-0.3, -0.25) is 0 Å². The van der Waals surface area contributed by atoms with Gasteiger partial charge in [-0.1, -0.05) is 0 Å². The number of nitrogens with zero attached hydrogens (tertiary/aromatic N) is 2. The van der Waals surface area contributed by atoms with Crippen molar-refractivity contribution in [2.24, 2.45) is 5.18 Å². The Bertz CT molecular complexity index is 442. The molecule has 1 fully saturated rings. The van der Waals surface area contributed by atoms with E-state index in [0.29, 0.717) is 26.2 Å². The third-order valence-electron chi connectivity index (χ3n) is 2.85. The Hall–Kier alpha value is -1.63. The highest BCUT2D eigenvalue weighted by Crippen LogP contribution is 2.38. The van der Waals surface area contributed by atoms with Gasteiger partial charge < -0.3 is 10.2 Å².